The number of thioether (sulfide) groups is 1. The molecule has 0 aliphatic carbocycles. The molecule has 0 aliphatic heterocycles. The van der Waals surface area contributed by atoms with E-state index < -0.39 is 0 Å². The third-order valence-electron chi connectivity index (χ3n) is 3.05. The average molecular weight is 273 g/mol. The highest BCUT2D eigenvalue weighted by Crippen LogP contribution is 2.29. The Morgan fingerprint density at radius 1 is 1.11 bits per heavy atom. The first-order valence-electron chi connectivity index (χ1n) is 6.29. The SMILES string of the molecule is COc1ccccc1C(N)CSc1ccccc1C. The fourth-order valence-corrected chi connectivity index (χ4v) is 2.97. The first-order valence-corrected chi connectivity index (χ1v) is 7.28. The Labute approximate surface area is 119 Å². The lowest BCUT2D eigenvalue weighted by Crippen LogP contribution is -2.14. The van der Waals surface area contributed by atoms with E-state index in [-0.39, 0.29) is 6.04 Å². The van der Waals surface area contributed by atoms with E-state index in [2.05, 4.69) is 31.2 Å². The number of rotatable bonds is 5. The van der Waals surface area contributed by atoms with Crippen LogP contribution in [0, 0.1) is 6.92 Å². The monoisotopic (exact) mass is 273 g/mol. The molecule has 3 heteroatoms. The molecule has 0 aromatic heterocycles. The number of aryl methyl sites for hydroxylation is 1. The van der Waals surface area contributed by atoms with Crippen LogP contribution in [0.25, 0.3) is 0 Å². The van der Waals surface area contributed by atoms with Crippen LogP contribution in [-0.2, 0) is 0 Å². The fourth-order valence-electron chi connectivity index (χ4n) is 1.96. The van der Waals surface area contributed by atoms with E-state index in [4.69, 9.17) is 10.5 Å². The van der Waals surface area contributed by atoms with Gasteiger partial charge in [-0.15, -0.1) is 11.8 Å². The summed E-state index contributed by atoms with van der Waals surface area (Å²) in [4.78, 5) is 1.29. The van der Waals surface area contributed by atoms with E-state index in [1.54, 1.807) is 18.9 Å². The molecule has 0 bridgehead atoms. The van der Waals surface area contributed by atoms with Crippen molar-refractivity contribution < 1.29 is 4.74 Å². The zero-order chi connectivity index (χ0) is 13.7. The fraction of sp³-hybridized carbons (Fsp3) is 0.250. The number of para-hydroxylation sites is 1. The highest BCUT2D eigenvalue weighted by atomic mass is 32.2. The maximum atomic E-state index is 6.27. The summed E-state index contributed by atoms with van der Waals surface area (Å²) >= 11 is 1.79. The zero-order valence-electron chi connectivity index (χ0n) is 11.3. The maximum absolute atomic E-state index is 6.27. The minimum atomic E-state index is -0.0271. The molecule has 2 N–H and O–H groups in total. The van der Waals surface area contributed by atoms with E-state index in [9.17, 15) is 0 Å². The van der Waals surface area contributed by atoms with Gasteiger partial charge >= 0.3 is 0 Å². The number of ether oxygens (including phenoxy) is 1. The van der Waals surface area contributed by atoms with E-state index in [1.165, 1.54) is 10.5 Å². The van der Waals surface area contributed by atoms with Crippen LogP contribution in [0.4, 0.5) is 0 Å². The Morgan fingerprint density at radius 2 is 1.79 bits per heavy atom. The third kappa shape index (κ3) is 3.52. The molecule has 2 aromatic rings. The number of benzene rings is 2. The van der Waals surface area contributed by atoms with Crippen LogP contribution >= 0.6 is 11.8 Å². The average Bonchev–Trinajstić information content (AvgIpc) is 2.46. The quantitative estimate of drug-likeness (QED) is 0.842. The first kappa shape index (κ1) is 14.0. The van der Waals surface area contributed by atoms with E-state index in [1.807, 2.05) is 24.3 Å². The summed E-state index contributed by atoms with van der Waals surface area (Å²) in [5, 5.41) is 0. The summed E-state index contributed by atoms with van der Waals surface area (Å²) in [6.07, 6.45) is 0. The summed E-state index contributed by atoms with van der Waals surface area (Å²) in [5.74, 6) is 1.70. The van der Waals surface area contributed by atoms with Gasteiger partial charge in [-0.25, -0.2) is 0 Å². The van der Waals surface area contributed by atoms with Crippen molar-refractivity contribution in [3.8, 4) is 5.75 Å². The normalized spacial score (nSPS) is 12.2. The standard InChI is InChI=1S/C16H19NOS/c1-12-7-3-6-10-16(12)19-11-14(17)13-8-4-5-9-15(13)18-2/h3-10,14H,11,17H2,1-2H3. The summed E-state index contributed by atoms with van der Waals surface area (Å²) in [6, 6.07) is 16.3. The van der Waals surface area contributed by atoms with Gasteiger partial charge in [-0.05, 0) is 24.6 Å². The summed E-state index contributed by atoms with van der Waals surface area (Å²) in [7, 11) is 1.68. The van der Waals surface area contributed by atoms with Crippen LogP contribution in [0.15, 0.2) is 53.4 Å². The Bertz CT molecular complexity index is 542. The van der Waals surface area contributed by atoms with Gasteiger partial charge in [0, 0.05) is 22.3 Å². The van der Waals surface area contributed by atoms with Gasteiger partial charge in [0.15, 0.2) is 0 Å². The van der Waals surface area contributed by atoms with Crippen LogP contribution in [0.2, 0.25) is 0 Å². The van der Waals surface area contributed by atoms with Gasteiger partial charge in [0.1, 0.15) is 5.75 Å². The largest absolute Gasteiger partial charge is 0.496 e. The van der Waals surface area contributed by atoms with Crippen molar-refractivity contribution in [1.29, 1.82) is 0 Å². The van der Waals surface area contributed by atoms with Crippen molar-refractivity contribution >= 4 is 11.8 Å². The molecule has 100 valence electrons. The number of methoxy groups -OCH3 is 1. The van der Waals surface area contributed by atoms with E-state index in [0.717, 1.165) is 17.1 Å². The lowest BCUT2D eigenvalue weighted by molar-refractivity contribution is 0.407. The molecule has 1 atom stereocenters. The molecular weight excluding hydrogens is 254 g/mol. The number of hydrogen-bond acceptors (Lipinski definition) is 3. The topological polar surface area (TPSA) is 35.2 Å². The first-order chi connectivity index (χ1) is 9.22. The molecule has 0 heterocycles. The lowest BCUT2D eigenvalue weighted by Gasteiger charge is -2.15. The molecule has 2 nitrogen and oxygen atoms in total. The summed E-state index contributed by atoms with van der Waals surface area (Å²) < 4.78 is 5.35. The molecule has 0 saturated carbocycles. The van der Waals surface area contributed by atoms with Gasteiger partial charge in [-0.3, -0.25) is 0 Å². The molecule has 2 rings (SSSR count). The predicted molar refractivity (Wildman–Crippen MR) is 81.8 cm³/mol. The van der Waals surface area contributed by atoms with Crippen molar-refractivity contribution in [1.82, 2.24) is 0 Å². The second-order valence-electron chi connectivity index (χ2n) is 4.42. The van der Waals surface area contributed by atoms with Gasteiger partial charge in [0.05, 0.1) is 7.11 Å². The summed E-state index contributed by atoms with van der Waals surface area (Å²) in [6.45, 7) is 2.12. The minimum absolute atomic E-state index is 0.0271. The zero-order valence-corrected chi connectivity index (χ0v) is 12.1. The molecule has 1 unspecified atom stereocenters. The Kier molecular flexibility index (Phi) is 4.88. The smallest absolute Gasteiger partial charge is 0.123 e. The molecule has 19 heavy (non-hydrogen) atoms. The van der Waals surface area contributed by atoms with Gasteiger partial charge in [0.2, 0.25) is 0 Å². The minimum Gasteiger partial charge on any atom is -0.496 e. The lowest BCUT2D eigenvalue weighted by atomic mass is 10.1. The van der Waals surface area contributed by atoms with E-state index >= 15 is 0 Å². The number of nitrogens with two attached hydrogens (primary N) is 1. The molecule has 0 fully saturated rings. The van der Waals surface area contributed by atoms with Gasteiger partial charge in [-0.2, -0.15) is 0 Å². The van der Waals surface area contributed by atoms with Crippen LogP contribution in [0.5, 0.6) is 5.75 Å². The van der Waals surface area contributed by atoms with Crippen molar-refractivity contribution in [3.63, 3.8) is 0 Å². The van der Waals surface area contributed by atoms with Crippen LogP contribution < -0.4 is 10.5 Å². The molecule has 0 radical (unpaired) electrons. The Balaban J connectivity index is 2.05. The maximum Gasteiger partial charge on any atom is 0.123 e. The molecule has 0 spiro atoms. The summed E-state index contributed by atoms with van der Waals surface area (Å²) in [5.41, 5.74) is 8.62. The molecule has 2 aromatic carbocycles. The van der Waals surface area contributed by atoms with Gasteiger partial charge in [0.25, 0.3) is 0 Å². The predicted octanol–water partition coefficient (Wildman–Crippen LogP) is 3.80. The molecule has 0 aliphatic rings. The van der Waals surface area contributed by atoms with Crippen molar-refractivity contribution in [2.24, 2.45) is 5.73 Å². The Hall–Kier alpha value is -1.45. The van der Waals surface area contributed by atoms with Crippen LogP contribution in [0.1, 0.15) is 17.2 Å². The van der Waals surface area contributed by atoms with Crippen molar-refractivity contribution in [2.45, 2.75) is 17.9 Å². The number of hydrogen-bond donors (Lipinski definition) is 1. The van der Waals surface area contributed by atoms with Crippen LogP contribution in [0.3, 0.4) is 0 Å². The second-order valence-corrected chi connectivity index (χ2v) is 5.49. The third-order valence-corrected chi connectivity index (χ3v) is 4.35. The van der Waals surface area contributed by atoms with Crippen molar-refractivity contribution in [2.75, 3.05) is 12.9 Å². The Morgan fingerprint density at radius 3 is 2.53 bits per heavy atom. The second kappa shape index (κ2) is 6.64. The molecule has 0 saturated heterocycles. The highest BCUT2D eigenvalue weighted by molar-refractivity contribution is 7.99. The van der Waals surface area contributed by atoms with Gasteiger partial charge in [-0.1, -0.05) is 36.4 Å². The highest BCUT2D eigenvalue weighted by Gasteiger charge is 2.12. The van der Waals surface area contributed by atoms with Crippen molar-refractivity contribution in [3.05, 3.63) is 59.7 Å². The molecular formula is C16H19NOS. The van der Waals surface area contributed by atoms with E-state index in [0.29, 0.717) is 0 Å². The molecule has 0 amide bonds. The van der Waals surface area contributed by atoms with Gasteiger partial charge < -0.3 is 10.5 Å². The van der Waals surface area contributed by atoms with Crippen LogP contribution in [-0.4, -0.2) is 12.9 Å².